The lowest BCUT2D eigenvalue weighted by Crippen LogP contribution is -2.43. The number of amides is 1. The first-order chi connectivity index (χ1) is 7.77. The van der Waals surface area contributed by atoms with Gasteiger partial charge in [0, 0.05) is 12.5 Å². The fraction of sp³-hybridized carbons (Fsp3) is 0.917. The van der Waals surface area contributed by atoms with Gasteiger partial charge in [0.15, 0.2) is 0 Å². The van der Waals surface area contributed by atoms with Crippen molar-refractivity contribution in [3.63, 3.8) is 0 Å². The average molecular weight is 226 g/mol. The molecule has 1 saturated heterocycles. The van der Waals surface area contributed by atoms with Gasteiger partial charge in [0.2, 0.25) is 5.91 Å². The van der Waals surface area contributed by atoms with E-state index in [0.717, 1.165) is 38.6 Å². The maximum Gasteiger partial charge on any atom is 0.226 e. The number of nitrogens with zero attached hydrogens (tertiary/aromatic N) is 1. The Labute approximate surface area is 96.8 Å². The van der Waals surface area contributed by atoms with Crippen LogP contribution in [0.25, 0.3) is 0 Å². The molecule has 0 radical (unpaired) electrons. The minimum atomic E-state index is 0.0616. The van der Waals surface area contributed by atoms with Crippen LogP contribution in [-0.4, -0.2) is 41.7 Å². The molecule has 0 bridgehead atoms. The quantitative estimate of drug-likeness (QED) is 0.729. The highest BCUT2D eigenvalue weighted by Crippen LogP contribution is 2.34. The number of nitrogens with two attached hydrogens (primary N) is 1. The summed E-state index contributed by atoms with van der Waals surface area (Å²) >= 11 is 0. The van der Waals surface area contributed by atoms with Crippen LogP contribution >= 0.6 is 0 Å². The normalized spacial score (nSPS) is 34.6. The lowest BCUT2D eigenvalue weighted by molar-refractivity contribution is -0.138. The van der Waals surface area contributed by atoms with E-state index in [1.165, 1.54) is 0 Å². The Bertz CT molecular complexity index is 233. The smallest absolute Gasteiger partial charge is 0.226 e. The van der Waals surface area contributed by atoms with Crippen molar-refractivity contribution in [2.75, 3.05) is 19.7 Å². The van der Waals surface area contributed by atoms with Gasteiger partial charge in [-0.3, -0.25) is 4.79 Å². The maximum atomic E-state index is 12.3. The standard InChI is InChI=1S/C12H22N2O2/c13-7-9-3-1-5-11(9)12(16)14-6-2-4-10(14)8-15/h9-11,15H,1-8,13H2/t9?,10-,11?/m0/s1. The van der Waals surface area contributed by atoms with Crippen LogP contribution in [0.2, 0.25) is 0 Å². The van der Waals surface area contributed by atoms with E-state index in [-0.39, 0.29) is 24.5 Å². The van der Waals surface area contributed by atoms with Crippen LogP contribution in [0.15, 0.2) is 0 Å². The predicted octanol–water partition coefficient (Wildman–Crippen LogP) is 0.345. The van der Waals surface area contributed by atoms with E-state index in [1.54, 1.807) is 0 Å². The lowest BCUT2D eigenvalue weighted by Gasteiger charge is -2.28. The van der Waals surface area contributed by atoms with Crippen molar-refractivity contribution in [1.82, 2.24) is 4.90 Å². The SMILES string of the molecule is NCC1CCCC1C(=O)N1CCC[C@H]1CO. The first-order valence-electron chi connectivity index (χ1n) is 6.39. The van der Waals surface area contributed by atoms with Crippen LogP contribution in [0.5, 0.6) is 0 Å². The summed E-state index contributed by atoms with van der Waals surface area (Å²) in [4.78, 5) is 14.2. The van der Waals surface area contributed by atoms with Gasteiger partial charge in [-0.15, -0.1) is 0 Å². The third-order valence-electron chi connectivity index (χ3n) is 4.15. The summed E-state index contributed by atoms with van der Waals surface area (Å²) in [6.45, 7) is 1.54. The molecule has 1 saturated carbocycles. The molecular formula is C12H22N2O2. The monoisotopic (exact) mass is 226 g/mol. The average Bonchev–Trinajstić information content (AvgIpc) is 2.96. The van der Waals surface area contributed by atoms with Gasteiger partial charge >= 0.3 is 0 Å². The molecule has 16 heavy (non-hydrogen) atoms. The molecule has 2 fully saturated rings. The van der Waals surface area contributed by atoms with Gasteiger partial charge in [0.1, 0.15) is 0 Å². The first-order valence-corrected chi connectivity index (χ1v) is 6.39. The van der Waals surface area contributed by atoms with E-state index < -0.39 is 0 Å². The molecule has 2 unspecified atom stereocenters. The summed E-state index contributed by atoms with van der Waals surface area (Å²) < 4.78 is 0. The minimum Gasteiger partial charge on any atom is -0.394 e. The highest BCUT2D eigenvalue weighted by molar-refractivity contribution is 5.80. The van der Waals surface area contributed by atoms with E-state index in [1.807, 2.05) is 4.90 Å². The fourth-order valence-electron chi connectivity index (χ4n) is 3.17. The first kappa shape index (κ1) is 11.9. The molecule has 0 spiro atoms. The summed E-state index contributed by atoms with van der Waals surface area (Å²) in [5, 5.41) is 9.23. The third-order valence-corrected chi connectivity index (χ3v) is 4.15. The van der Waals surface area contributed by atoms with Crippen molar-refractivity contribution in [1.29, 1.82) is 0 Å². The molecule has 3 N–H and O–H groups in total. The summed E-state index contributed by atoms with van der Waals surface area (Å²) in [6, 6.07) is 0.0616. The van der Waals surface area contributed by atoms with E-state index in [4.69, 9.17) is 5.73 Å². The van der Waals surface area contributed by atoms with Crippen molar-refractivity contribution in [3.8, 4) is 0 Å². The Morgan fingerprint density at radius 3 is 2.81 bits per heavy atom. The molecule has 0 aromatic rings. The van der Waals surface area contributed by atoms with E-state index >= 15 is 0 Å². The van der Waals surface area contributed by atoms with Gasteiger partial charge in [-0.05, 0) is 38.1 Å². The molecule has 92 valence electrons. The van der Waals surface area contributed by atoms with Crippen LogP contribution in [-0.2, 0) is 4.79 Å². The summed E-state index contributed by atoms with van der Waals surface area (Å²) in [5.74, 6) is 0.731. The Hall–Kier alpha value is -0.610. The molecule has 1 aliphatic carbocycles. The number of hydrogen-bond acceptors (Lipinski definition) is 3. The molecule has 1 aliphatic heterocycles. The number of aliphatic hydroxyl groups excluding tert-OH is 1. The zero-order chi connectivity index (χ0) is 11.5. The number of hydrogen-bond donors (Lipinski definition) is 2. The number of likely N-dealkylation sites (tertiary alicyclic amines) is 1. The number of carbonyl (C=O) groups excluding carboxylic acids is 1. The van der Waals surface area contributed by atoms with Crippen molar-refractivity contribution < 1.29 is 9.90 Å². The van der Waals surface area contributed by atoms with E-state index in [0.29, 0.717) is 12.5 Å². The maximum absolute atomic E-state index is 12.3. The molecule has 3 atom stereocenters. The second-order valence-corrected chi connectivity index (χ2v) is 5.04. The van der Waals surface area contributed by atoms with Crippen molar-refractivity contribution >= 4 is 5.91 Å². The topological polar surface area (TPSA) is 66.6 Å². The van der Waals surface area contributed by atoms with Crippen LogP contribution in [0.3, 0.4) is 0 Å². The second-order valence-electron chi connectivity index (χ2n) is 5.04. The highest BCUT2D eigenvalue weighted by atomic mass is 16.3. The van der Waals surface area contributed by atoms with Gasteiger partial charge < -0.3 is 15.7 Å². The molecule has 1 amide bonds. The molecule has 0 aromatic heterocycles. The van der Waals surface area contributed by atoms with Gasteiger partial charge in [0.25, 0.3) is 0 Å². The van der Waals surface area contributed by atoms with E-state index in [2.05, 4.69) is 0 Å². The largest absolute Gasteiger partial charge is 0.394 e. The molecule has 0 aromatic carbocycles. The Morgan fingerprint density at radius 2 is 2.12 bits per heavy atom. The second kappa shape index (κ2) is 5.15. The molecule has 4 heteroatoms. The van der Waals surface area contributed by atoms with Gasteiger partial charge in [-0.2, -0.15) is 0 Å². The fourth-order valence-corrected chi connectivity index (χ4v) is 3.17. The highest BCUT2D eigenvalue weighted by Gasteiger charge is 2.38. The van der Waals surface area contributed by atoms with Gasteiger partial charge in [-0.25, -0.2) is 0 Å². The van der Waals surface area contributed by atoms with Crippen molar-refractivity contribution in [2.45, 2.75) is 38.1 Å². The van der Waals surface area contributed by atoms with Crippen LogP contribution in [0.1, 0.15) is 32.1 Å². The minimum absolute atomic E-state index is 0.0616. The molecule has 4 nitrogen and oxygen atoms in total. The number of rotatable bonds is 3. The van der Waals surface area contributed by atoms with Crippen LogP contribution in [0, 0.1) is 11.8 Å². The van der Waals surface area contributed by atoms with Gasteiger partial charge in [-0.1, -0.05) is 6.42 Å². The van der Waals surface area contributed by atoms with Gasteiger partial charge in [0.05, 0.1) is 12.6 Å². The van der Waals surface area contributed by atoms with Crippen molar-refractivity contribution in [2.24, 2.45) is 17.6 Å². The Kier molecular flexibility index (Phi) is 3.82. The molecule has 2 aliphatic rings. The van der Waals surface area contributed by atoms with Crippen molar-refractivity contribution in [3.05, 3.63) is 0 Å². The summed E-state index contributed by atoms with van der Waals surface area (Å²) in [5.41, 5.74) is 5.71. The zero-order valence-corrected chi connectivity index (χ0v) is 9.77. The Morgan fingerprint density at radius 1 is 1.31 bits per heavy atom. The number of carbonyl (C=O) groups is 1. The molecule has 1 heterocycles. The Balaban J connectivity index is 2.00. The van der Waals surface area contributed by atoms with Crippen LogP contribution < -0.4 is 5.73 Å². The summed E-state index contributed by atoms with van der Waals surface area (Å²) in [7, 11) is 0. The molecule has 2 rings (SSSR count). The third kappa shape index (κ3) is 2.09. The predicted molar refractivity (Wildman–Crippen MR) is 61.7 cm³/mol. The number of aliphatic hydroxyl groups is 1. The van der Waals surface area contributed by atoms with Crippen LogP contribution in [0.4, 0.5) is 0 Å². The lowest BCUT2D eigenvalue weighted by atomic mass is 9.94. The summed E-state index contributed by atoms with van der Waals surface area (Å²) in [6.07, 6.45) is 5.16. The zero-order valence-electron chi connectivity index (χ0n) is 9.77. The van der Waals surface area contributed by atoms with E-state index in [9.17, 15) is 9.90 Å². The molecular weight excluding hydrogens is 204 g/mol.